The van der Waals surface area contributed by atoms with Gasteiger partial charge in [-0.15, -0.1) is 0 Å². The van der Waals surface area contributed by atoms with Gasteiger partial charge in [0.25, 0.3) is 0 Å². The van der Waals surface area contributed by atoms with Crippen LogP contribution in [0.3, 0.4) is 0 Å². The second kappa shape index (κ2) is 6.78. The smallest absolute Gasteiger partial charge is 0.0998 e. The lowest BCUT2D eigenvalue weighted by atomic mass is 10.2. The quantitative estimate of drug-likeness (QED) is 0.672. The first-order chi connectivity index (χ1) is 11.2. The minimum atomic E-state index is -0.720. The molecule has 0 heterocycles. The molecular weight excluding hydrogens is 297 g/mol. The highest BCUT2D eigenvalue weighted by Gasteiger charge is 2.19. The zero-order valence-electron chi connectivity index (χ0n) is 13.3. The van der Waals surface area contributed by atoms with E-state index in [1.807, 2.05) is 18.2 Å². The molecule has 0 aliphatic carbocycles. The molecule has 112 valence electrons. The SMILES string of the molecule is Cc1ccc(P(c2ccc(C)cc2)c2ccccc2C#N)cc1. The highest BCUT2D eigenvalue weighted by Crippen LogP contribution is 2.34. The molecule has 3 aromatic rings. The normalized spacial score (nSPS) is 10.5. The molecule has 0 atom stereocenters. The number of hydrogen-bond acceptors (Lipinski definition) is 1. The van der Waals surface area contributed by atoms with Crippen molar-refractivity contribution in [1.29, 1.82) is 5.26 Å². The van der Waals surface area contributed by atoms with Gasteiger partial charge in [0.15, 0.2) is 0 Å². The molecule has 3 aromatic carbocycles. The van der Waals surface area contributed by atoms with Crippen LogP contribution in [0.2, 0.25) is 0 Å². The maximum Gasteiger partial charge on any atom is 0.0998 e. The average molecular weight is 315 g/mol. The van der Waals surface area contributed by atoms with Crippen LogP contribution in [0.25, 0.3) is 0 Å². The first-order valence-corrected chi connectivity index (χ1v) is 8.96. The summed E-state index contributed by atoms with van der Waals surface area (Å²) in [5.74, 6) is 0. The standard InChI is InChI=1S/C21H18NP/c1-16-7-11-19(12-8-16)23(20-13-9-17(2)10-14-20)21-6-4-3-5-18(21)15-22/h3-14H,1-2H3. The molecule has 0 N–H and O–H groups in total. The summed E-state index contributed by atoms with van der Waals surface area (Å²) >= 11 is 0. The fourth-order valence-electron chi connectivity index (χ4n) is 2.58. The second-order valence-electron chi connectivity index (χ2n) is 5.64. The van der Waals surface area contributed by atoms with E-state index in [2.05, 4.69) is 74.5 Å². The summed E-state index contributed by atoms with van der Waals surface area (Å²) in [6.45, 7) is 4.20. The highest BCUT2D eigenvalue weighted by molar-refractivity contribution is 7.79. The lowest BCUT2D eigenvalue weighted by molar-refractivity contribution is 1.48. The van der Waals surface area contributed by atoms with E-state index in [9.17, 15) is 5.26 Å². The molecule has 0 amide bonds. The van der Waals surface area contributed by atoms with Crippen molar-refractivity contribution in [3.05, 3.63) is 89.5 Å². The van der Waals surface area contributed by atoms with E-state index in [1.54, 1.807) is 0 Å². The Morgan fingerprint density at radius 1 is 0.696 bits per heavy atom. The number of hydrogen-bond donors (Lipinski definition) is 0. The Morgan fingerprint density at radius 3 is 1.65 bits per heavy atom. The minimum absolute atomic E-state index is 0.720. The van der Waals surface area contributed by atoms with Gasteiger partial charge in [-0.3, -0.25) is 0 Å². The van der Waals surface area contributed by atoms with Crippen molar-refractivity contribution in [3.63, 3.8) is 0 Å². The topological polar surface area (TPSA) is 23.8 Å². The van der Waals surface area contributed by atoms with Gasteiger partial charge in [0, 0.05) is 5.30 Å². The molecule has 2 heteroatoms. The van der Waals surface area contributed by atoms with Crippen LogP contribution in [0.5, 0.6) is 0 Å². The van der Waals surface area contributed by atoms with Crippen LogP contribution in [0.15, 0.2) is 72.8 Å². The van der Waals surface area contributed by atoms with Crippen molar-refractivity contribution in [2.24, 2.45) is 0 Å². The molecule has 0 unspecified atom stereocenters. The molecule has 0 saturated heterocycles. The molecular formula is C21H18NP. The summed E-state index contributed by atoms with van der Waals surface area (Å²) in [5, 5.41) is 13.2. The van der Waals surface area contributed by atoms with E-state index in [-0.39, 0.29) is 0 Å². The largest absolute Gasteiger partial charge is 0.192 e. The zero-order valence-corrected chi connectivity index (χ0v) is 14.2. The van der Waals surface area contributed by atoms with Crippen molar-refractivity contribution in [2.45, 2.75) is 13.8 Å². The third-order valence-electron chi connectivity index (χ3n) is 3.85. The lowest BCUT2D eigenvalue weighted by Crippen LogP contribution is -2.22. The van der Waals surface area contributed by atoms with Crippen LogP contribution in [-0.2, 0) is 0 Å². The van der Waals surface area contributed by atoms with Crippen molar-refractivity contribution >= 4 is 23.8 Å². The summed E-state index contributed by atoms with van der Waals surface area (Å²) < 4.78 is 0. The van der Waals surface area contributed by atoms with E-state index in [4.69, 9.17) is 0 Å². The number of benzene rings is 3. The van der Waals surface area contributed by atoms with Crippen LogP contribution < -0.4 is 15.9 Å². The molecule has 0 bridgehead atoms. The van der Waals surface area contributed by atoms with Gasteiger partial charge in [0.1, 0.15) is 0 Å². The highest BCUT2D eigenvalue weighted by atomic mass is 31.1. The first kappa shape index (κ1) is 15.5. The van der Waals surface area contributed by atoms with Crippen LogP contribution in [0.4, 0.5) is 0 Å². The predicted molar refractivity (Wildman–Crippen MR) is 99.3 cm³/mol. The van der Waals surface area contributed by atoms with Gasteiger partial charge in [-0.05, 0) is 38.4 Å². The van der Waals surface area contributed by atoms with Gasteiger partial charge in [-0.25, -0.2) is 0 Å². The lowest BCUT2D eigenvalue weighted by Gasteiger charge is -2.20. The van der Waals surface area contributed by atoms with Crippen LogP contribution in [0.1, 0.15) is 16.7 Å². The summed E-state index contributed by atoms with van der Waals surface area (Å²) in [4.78, 5) is 0. The number of rotatable bonds is 3. The van der Waals surface area contributed by atoms with Crippen molar-refractivity contribution in [2.75, 3.05) is 0 Å². The summed E-state index contributed by atoms with van der Waals surface area (Å²) in [5.41, 5.74) is 3.27. The van der Waals surface area contributed by atoms with E-state index in [0.717, 1.165) is 10.9 Å². The third-order valence-corrected chi connectivity index (χ3v) is 6.35. The van der Waals surface area contributed by atoms with Gasteiger partial charge >= 0.3 is 0 Å². The van der Waals surface area contributed by atoms with Gasteiger partial charge in [0.05, 0.1) is 11.6 Å². The molecule has 3 rings (SSSR count). The number of nitrogens with zero attached hydrogens (tertiary/aromatic N) is 1. The molecule has 0 aromatic heterocycles. The molecule has 0 fully saturated rings. The maximum atomic E-state index is 9.51. The summed E-state index contributed by atoms with van der Waals surface area (Å²) in [7, 11) is -0.720. The van der Waals surface area contributed by atoms with E-state index in [1.165, 1.54) is 21.7 Å². The first-order valence-electron chi connectivity index (χ1n) is 7.61. The third kappa shape index (κ3) is 3.34. The van der Waals surface area contributed by atoms with Gasteiger partial charge in [0.2, 0.25) is 0 Å². The van der Waals surface area contributed by atoms with Gasteiger partial charge in [-0.2, -0.15) is 5.26 Å². The zero-order chi connectivity index (χ0) is 16.2. The second-order valence-corrected chi connectivity index (χ2v) is 7.82. The van der Waals surface area contributed by atoms with Crippen LogP contribution in [0, 0.1) is 25.2 Å². The van der Waals surface area contributed by atoms with Crippen molar-refractivity contribution in [1.82, 2.24) is 0 Å². The summed E-state index contributed by atoms with van der Waals surface area (Å²) in [6, 6.07) is 27.6. The predicted octanol–water partition coefficient (Wildman–Crippen LogP) is 3.93. The van der Waals surface area contributed by atoms with E-state index >= 15 is 0 Å². The van der Waals surface area contributed by atoms with E-state index < -0.39 is 7.92 Å². The molecule has 0 aliphatic heterocycles. The van der Waals surface area contributed by atoms with Crippen molar-refractivity contribution < 1.29 is 0 Å². The Balaban J connectivity index is 2.19. The minimum Gasteiger partial charge on any atom is -0.192 e. The molecule has 0 radical (unpaired) electrons. The monoisotopic (exact) mass is 315 g/mol. The Bertz CT molecular complexity index is 797. The van der Waals surface area contributed by atoms with Crippen molar-refractivity contribution in [3.8, 4) is 6.07 Å². The fourth-order valence-corrected chi connectivity index (χ4v) is 4.93. The van der Waals surface area contributed by atoms with Crippen LogP contribution >= 0.6 is 7.92 Å². The molecule has 0 spiro atoms. The Labute approximate surface area is 139 Å². The number of nitriles is 1. The van der Waals surface area contributed by atoms with Gasteiger partial charge < -0.3 is 0 Å². The van der Waals surface area contributed by atoms with Gasteiger partial charge in [-0.1, -0.05) is 77.9 Å². The molecule has 0 aliphatic rings. The Morgan fingerprint density at radius 2 is 1.17 bits per heavy atom. The van der Waals surface area contributed by atoms with E-state index in [0.29, 0.717) is 0 Å². The molecule has 23 heavy (non-hydrogen) atoms. The van der Waals surface area contributed by atoms with Crippen LogP contribution in [-0.4, -0.2) is 0 Å². The Kier molecular flexibility index (Phi) is 4.56. The Hall–Kier alpha value is -2.42. The summed E-state index contributed by atoms with van der Waals surface area (Å²) in [6.07, 6.45) is 0. The maximum absolute atomic E-state index is 9.51. The number of aryl methyl sites for hydroxylation is 2. The molecule has 0 saturated carbocycles. The average Bonchev–Trinajstić information content (AvgIpc) is 2.59. The molecule has 1 nitrogen and oxygen atoms in total. The fraction of sp³-hybridized carbons (Fsp3) is 0.0952.